The highest BCUT2D eigenvalue weighted by atomic mass is 35.5. The lowest BCUT2D eigenvalue weighted by atomic mass is 10.1. The van der Waals surface area contributed by atoms with Crippen molar-refractivity contribution in [3.63, 3.8) is 0 Å². The standard InChI is InChI=1S/C15H16ClN3O2/c1-10(2)17-14(20)9-19-15(21)8-7-13(18-19)11-5-3-4-6-12(11)16/h3-8,10H,9H2,1-2H3,(H,17,20). The molecule has 0 unspecified atom stereocenters. The Morgan fingerprint density at radius 2 is 2.00 bits per heavy atom. The highest BCUT2D eigenvalue weighted by molar-refractivity contribution is 6.33. The first-order valence-electron chi connectivity index (χ1n) is 6.60. The number of rotatable bonds is 4. The van der Waals surface area contributed by atoms with Crippen molar-refractivity contribution >= 4 is 17.5 Å². The summed E-state index contributed by atoms with van der Waals surface area (Å²) >= 11 is 6.12. The molecule has 110 valence electrons. The van der Waals surface area contributed by atoms with Gasteiger partial charge in [-0.1, -0.05) is 29.8 Å². The number of nitrogens with one attached hydrogen (secondary N) is 1. The Morgan fingerprint density at radius 1 is 1.29 bits per heavy atom. The molecule has 0 bridgehead atoms. The minimum absolute atomic E-state index is 0.0138. The van der Waals surface area contributed by atoms with Gasteiger partial charge in [-0.3, -0.25) is 9.59 Å². The Labute approximate surface area is 127 Å². The minimum atomic E-state index is -0.329. The summed E-state index contributed by atoms with van der Waals surface area (Å²) in [5.41, 5.74) is 0.944. The zero-order valence-corrected chi connectivity index (χ0v) is 12.6. The maximum absolute atomic E-state index is 11.8. The number of aromatic nitrogens is 2. The molecule has 2 rings (SSSR count). The summed E-state index contributed by atoms with van der Waals surface area (Å²) in [5, 5.41) is 7.48. The van der Waals surface area contributed by atoms with Gasteiger partial charge in [-0.2, -0.15) is 5.10 Å². The van der Waals surface area contributed by atoms with Gasteiger partial charge in [0.15, 0.2) is 0 Å². The van der Waals surface area contributed by atoms with Crippen molar-refractivity contribution in [3.8, 4) is 11.3 Å². The molecule has 0 fully saturated rings. The van der Waals surface area contributed by atoms with Crippen LogP contribution < -0.4 is 10.9 Å². The van der Waals surface area contributed by atoms with E-state index in [1.807, 2.05) is 32.0 Å². The number of carbonyl (C=O) groups excluding carboxylic acids is 1. The first-order chi connectivity index (χ1) is 9.97. The molecule has 0 radical (unpaired) electrons. The molecule has 0 aliphatic rings. The summed E-state index contributed by atoms with van der Waals surface area (Å²) in [6.45, 7) is 3.60. The molecular weight excluding hydrogens is 290 g/mol. The van der Waals surface area contributed by atoms with E-state index in [0.29, 0.717) is 10.7 Å². The second-order valence-electron chi connectivity index (χ2n) is 4.92. The molecule has 0 saturated carbocycles. The lowest BCUT2D eigenvalue weighted by Crippen LogP contribution is -2.36. The molecule has 2 aromatic rings. The Morgan fingerprint density at radius 3 is 2.67 bits per heavy atom. The summed E-state index contributed by atoms with van der Waals surface area (Å²) in [7, 11) is 0. The van der Waals surface area contributed by atoms with Gasteiger partial charge in [0.25, 0.3) is 5.56 Å². The van der Waals surface area contributed by atoms with Crippen molar-refractivity contribution in [1.29, 1.82) is 0 Å². The monoisotopic (exact) mass is 305 g/mol. The largest absolute Gasteiger partial charge is 0.352 e. The van der Waals surface area contributed by atoms with E-state index in [2.05, 4.69) is 10.4 Å². The van der Waals surface area contributed by atoms with Gasteiger partial charge in [-0.25, -0.2) is 4.68 Å². The zero-order valence-electron chi connectivity index (χ0n) is 11.8. The number of halogens is 1. The number of carbonyl (C=O) groups is 1. The van der Waals surface area contributed by atoms with E-state index in [1.165, 1.54) is 6.07 Å². The van der Waals surface area contributed by atoms with E-state index < -0.39 is 0 Å². The molecule has 1 aromatic heterocycles. The van der Waals surface area contributed by atoms with Crippen molar-refractivity contribution in [3.05, 3.63) is 51.8 Å². The smallest absolute Gasteiger partial charge is 0.267 e. The lowest BCUT2D eigenvalue weighted by Gasteiger charge is -2.10. The number of amides is 1. The van der Waals surface area contributed by atoms with Gasteiger partial charge in [-0.05, 0) is 26.0 Å². The fraction of sp³-hybridized carbons (Fsp3) is 0.267. The molecule has 5 nitrogen and oxygen atoms in total. The number of nitrogens with zero attached hydrogens (tertiary/aromatic N) is 2. The zero-order chi connectivity index (χ0) is 15.4. The van der Waals surface area contributed by atoms with Crippen LogP contribution in [-0.4, -0.2) is 21.7 Å². The topological polar surface area (TPSA) is 64.0 Å². The van der Waals surface area contributed by atoms with E-state index in [1.54, 1.807) is 12.1 Å². The molecule has 0 spiro atoms. The number of hydrogen-bond acceptors (Lipinski definition) is 3. The van der Waals surface area contributed by atoms with Crippen molar-refractivity contribution in [2.24, 2.45) is 0 Å². The Hall–Kier alpha value is -2.14. The van der Waals surface area contributed by atoms with E-state index >= 15 is 0 Å². The molecule has 0 saturated heterocycles. The second kappa shape index (κ2) is 6.54. The Bertz CT molecular complexity index is 710. The molecule has 0 atom stereocenters. The number of benzene rings is 1. The van der Waals surface area contributed by atoms with Gasteiger partial charge in [0.05, 0.1) is 10.7 Å². The normalized spacial score (nSPS) is 10.7. The summed E-state index contributed by atoms with van der Waals surface area (Å²) < 4.78 is 1.14. The van der Waals surface area contributed by atoms with Gasteiger partial charge < -0.3 is 5.32 Å². The first kappa shape index (κ1) is 15.3. The van der Waals surface area contributed by atoms with Crippen molar-refractivity contribution < 1.29 is 4.79 Å². The summed E-state index contributed by atoms with van der Waals surface area (Å²) in [6, 6.07) is 10.2. The van der Waals surface area contributed by atoms with Crippen LogP contribution in [0.2, 0.25) is 5.02 Å². The third-order valence-electron chi connectivity index (χ3n) is 2.76. The molecule has 1 N–H and O–H groups in total. The summed E-state index contributed by atoms with van der Waals surface area (Å²) in [4.78, 5) is 23.5. The Balaban J connectivity index is 2.32. The van der Waals surface area contributed by atoms with Gasteiger partial charge in [0, 0.05) is 17.7 Å². The van der Waals surface area contributed by atoms with Gasteiger partial charge in [-0.15, -0.1) is 0 Å². The molecule has 1 amide bonds. The van der Waals surface area contributed by atoms with Crippen LogP contribution in [0.15, 0.2) is 41.2 Å². The van der Waals surface area contributed by atoms with Crippen LogP contribution in [0.3, 0.4) is 0 Å². The van der Waals surface area contributed by atoms with Crippen molar-refractivity contribution in [2.75, 3.05) is 0 Å². The average Bonchev–Trinajstić information content (AvgIpc) is 2.41. The lowest BCUT2D eigenvalue weighted by molar-refractivity contribution is -0.122. The quantitative estimate of drug-likeness (QED) is 0.940. The van der Waals surface area contributed by atoms with Gasteiger partial charge in [0.1, 0.15) is 6.54 Å². The van der Waals surface area contributed by atoms with E-state index in [9.17, 15) is 9.59 Å². The maximum Gasteiger partial charge on any atom is 0.267 e. The van der Waals surface area contributed by atoms with Crippen molar-refractivity contribution in [1.82, 2.24) is 15.1 Å². The summed E-state index contributed by atoms with van der Waals surface area (Å²) in [6.07, 6.45) is 0. The van der Waals surface area contributed by atoms with Crippen LogP contribution >= 0.6 is 11.6 Å². The van der Waals surface area contributed by atoms with Crippen LogP contribution in [0.5, 0.6) is 0 Å². The first-order valence-corrected chi connectivity index (χ1v) is 6.97. The second-order valence-corrected chi connectivity index (χ2v) is 5.32. The minimum Gasteiger partial charge on any atom is -0.352 e. The van der Waals surface area contributed by atoms with Crippen LogP contribution in [-0.2, 0) is 11.3 Å². The number of hydrogen-bond donors (Lipinski definition) is 1. The molecule has 0 aliphatic heterocycles. The fourth-order valence-corrected chi connectivity index (χ4v) is 2.11. The predicted octanol–water partition coefficient (Wildman–Crippen LogP) is 2.09. The average molecular weight is 306 g/mol. The third kappa shape index (κ3) is 3.92. The fourth-order valence-electron chi connectivity index (χ4n) is 1.88. The SMILES string of the molecule is CC(C)NC(=O)Cn1nc(-c2ccccc2Cl)ccc1=O. The molecular formula is C15H16ClN3O2. The molecule has 6 heteroatoms. The van der Waals surface area contributed by atoms with Crippen LogP contribution in [0.4, 0.5) is 0 Å². The predicted molar refractivity (Wildman–Crippen MR) is 82.2 cm³/mol. The Kier molecular flexibility index (Phi) is 4.75. The van der Waals surface area contributed by atoms with E-state index in [4.69, 9.17) is 11.6 Å². The molecule has 1 aromatic carbocycles. The highest BCUT2D eigenvalue weighted by Gasteiger charge is 2.10. The maximum atomic E-state index is 11.8. The molecule has 21 heavy (non-hydrogen) atoms. The van der Waals surface area contributed by atoms with Crippen LogP contribution in [0.1, 0.15) is 13.8 Å². The van der Waals surface area contributed by atoms with Crippen molar-refractivity contribution in [2.45, 2.75) is 26.4 Å². The van der Waals surface area contributed by atoms with Gasteiger partial charge >= 0.3 is 0 Å². The van der Waals surface area contributed by atoms with Crippen LogP contribution in [0.25, 0.3) is 11.3 Å². The van der Waals surface area contributed by atoms with Crippen LogP contribution in [0, 0.1) is 0 Å². The molecule has 0 aliphatic carbocycles. The molecule has 1 heterocycles. The van der Waals surface area contributed by atoms with Gasteiger partial charge in [0.2, 0.25) is 5.91 Å². The van der Waals surface area contributed by atoms with E-state index in [-0.39, 0.29) is 24.1 Å². The highest BCUT2D eigenvalue weighted by Crippen LogP contribution is 2.24. The van der Waals surface area contributed by atoms with E-state index in [0.717, 1.165) is 10.2 Å². The summed E-state index contributed by atoms with van der Waals surface area (Å²) in [5.74, 6) is -0.254. The third-order valence-corrected chi connectivity index (χ3v) is 3.09.